The third-order valence-corrected chi connectivity index (χ3v) is 9.41. The molecule has 43 heavy (non-hydrogen) atoms. The van der Waals surface area contributed by atoms with E-state index in [1.54, 1.807) is 36.6 Å². The zero-order valence-electron chi connectivity index (χ0n) is 24.4. The zero-order chi connectivity index (χ0) is 29.8. The SMILES string of the molecule is COc1cc2cc(c1)C(=O)NCCCC(=O)N[C@H]1CN(C(=O)c3csc4c3CCCC4)CC[C@@H]1OCc1cccc(c1)O2. The zero-order valence-corrected chi connectivity index (χ0v) is 25.2. The molecule has 2 aliphatic heterocycles. The number of nitrogens with zero attached hydrogens (tertiary/aromatic N) is 1. The quantitative estimate of drug-likeness (QED) is 0.433. The van der Waals surface area contributed by atoms with Gasteiger partial charge in [-0.2, -0.15) is 0 Å². The molecule has 10 heteroatoms. The Hall–Kier alpha value is -3.89. The van der Waals surface area contributed by atoms with Crippen molar-refractivity contribution < 1.29 is 28.6 Å². The van der Waals surface area contributed by atoms with Gasteiger partial charge in [-0.25, -0.2) is 0 Å². The van der Waals surface area contributed by atoms with Crippen molar-refractivity contribution in [1.82, 2.24) is 15.5 Å². The molecular formula is C33H37N3O6S. The molecule has 226 valence electrons. The first-order valence-electron chi connectivity index (χ1n) is 15.0. The van der Waals surface area contributed by atoms with Crippen molar-refractivity contribution in [2.75, 3.05) is 26.7 Å². The van der Waals surface area contributed by atoms with Crippen LogP contribution in [-0.4, -0.2) is 61.5 Å². The Balaban J connectivity index is 1.21. The fraction of sp³-hybridized carbons (Fsp3) is 0.424. The Morgan fingerprint density at radius 2 is 1.93 bits per heavy atom. The van der Waals surface area contributed by atoms with Crippen LogP contribution in [0.1, 0.15) is 68.8 Å². The summed E-state index contributed by atoms with van der Waals surface area (Å²) < 4.78 is 17.9. The number of nitrogens with one attached hydrogen (secondary N) is 2. The van der Waals surface area contributed by atoms with Gasteiger partial charge < -0.3 is 29.7 Å². The van der Waals surface area contributed by atoms with Crippen LogP contribution in [0.5, 0.6) is 17.2 Å². The van der Waals surface area contributed by atoms with E-state index >= 15 is 0 Å². The Kier molecular flexibility index (Phi) is 8.95. The highest BCUT2D eigenvalue weighted by molar-refractivity contribution is 7.10. The molecule has 0 unspecified atom stereocenters. The second-order valence-corrected chi connectivity index (χ2v) is 12.3. The topological polar surface area (TPSA) is 106 Å². The van der Waals surface area contributed by atoms with E-state index in [-0.39, 0.29) is 36.3 Å². The highest BCUT2D eigenvalue weighted by Gasteiger charge is 2.35. The number of thiophene rings is 1. The van der Waals surface area contributed by atoms with Gasteiger partial charge in [0.05, 0.1) is 31.4 Å². The summed E-state index contributed by atoms with van der Waals surface area (Å²) >= 11 is 1.69. The number of carbonyl (C=O) groups excluding carboxylic acids is 3. The lowest BCUT2D eigenvalue weighted by Gasteiger charge is -2.39. The number of likely N-dealkylation sites (tertiary alicyclic amines) is 1. The molecule has 9 nitrogen and oxygen atoms in total. The number of piperidine rings is 1. The van der Waals surface area contributed by atoms with E-state index in [0.29, 0.717) is 61.9 Å². The molecule has 1 fully saturated rings. The Bertz CT molecular complexity index is 1500. The van der Waals surface area contributed by atoms with Crippen LogP contribution in [0.2, 0.25) is 0 Å². The number of carbonyl (C=O) groups is 3. The standard InChI is InChI=1S/C33H37N3O6S/c1-40-24-15-22-16-25(17-24)42-23-7-4-6-21(14-23)19-41-29-11-13-36(18-28(29)35-31(37)10-5-12-34-32(22)38)33(39)27-20-43-30-9-3-2-8-26(27)30/h4,6-7,14-17,20,28-29H,2-3,5,8-13,18-19H2,1H3,(H,34,38)(H,35,37)/t28-,29-/m0/s1. The van der Waals surface area contributed by atoms with Crippen molar-refractivity contribution in [3.8, 4) is 17.2 Å². The highest BCUT2D eigenvalue weighted by Crippen LogP contribution is 2.32. The Morgan fingerprint density at radius 3 is 2.81 bits per heavy atom. The molecule has 0 saturated carbocycles. The van der Waals surface area contributed by atoms with Crippen molar-refractivity contribution >= 4 is 29.1 Å². The first-order valence-corrected chi connectivity index (χ1v) is 15.9. The predicted molar refractivity (Wildman–Crippen MR) is 163 cm³/mol. The molecule has 3 aliphatic rings. The van der Waals surface area contributed by atoms with E-state index in [1.807, 2.05) is 34.5 Å². The van der Waals surface area contributed by atoms with Crippen LogP contribution >= 0.6 is 11.3 Å². The van der Waals surface area contributed by atoms with Crippen molar-refractivity contribution in [2.24, 2.45) is 0 Å². The molecule has 2 N–H and O–H groups in total. The number of hydrogen-bond donors (Lipinski definition) is 2. The average Bonchev–Trinajstić information content (AvgIpc) is 3.46. The van der Waals surface area contributed by atoms with Crippen LogP contribution in [0.4, 0.5) is 0 Å². The van der Waals surface area contributed by atoms with Gasteiger partial charge in [0.1, 0.15) is 17.2 Å². The van der Waals surface area contributed by atoms with Crippen LogP contribution in [0.15, 0.2) is 47.8 Å². The van der Waals surface area contributed by atoms with Crippen molar-refractivity contribution in [3.63, 3.8) is 0 Å². The van der Waals surface area contributed by atoms with Crippen LogP contribution < -0.4 is 20.1 Å². The molecule has 3 aromatic rings. The first-order chi connectivity index (χ1) is 21.0. The molecule has 0 spiro atoms. The van der Waals surface area contributed by atoms with Crippen molar-refractivity contribution in [2.45, 2.75) is 63.7 Å². The molecule has 1 saturated heterocycles. The number of aryl methyl sites for hydroxylation is 1. The van der Waals surface area contributed by atoms with E-state index in [9.17, 15) is 14.4 Å². The summed E-state index contributed by atoms with van der Waals surface area (Å²) in [5.41, 5.74) is 3.34. The molecule has 6 rings (SSSR count). The van der Waals surface area contributed by atoms with Gasteiger partial charge in [-0.3, -0.25) is 14.4 Å². The van der Waals surface area contributed by atoms with Gasteiger partial charge in [-0.1, -0.05) is 12.1 Å². The highest BCUT2D eigenvalue weighted by atomic mass is 32.1. The third kappa shape index (κ3) is 6.86. The molecule has 2 atom stereocenters. The average molecular weight is 604 g/mol. The second kappa shape index (κ2) is 13.2. The number of ether oxygens (including phenoxy) is 3. The molecule has 1 aromatic heterocycles. The van der Waals surface area contributed by atoms with Gasteiger partial charge >= 0.3 is 0 Å². The summed E-state index contributed by atoms with van der Waals surface area (Å²) in [5, 5.41) is 8.04. The summed E-state index contributed by atoms with van der Waals surface area (Å²) in [6.45, 7) is 1.61. The monoisotopic (exact) mass is 603 g/mol. The van der Waals surface area contributed by atoms with Gasteiger partial charge in [0.2, 0.25) is 5.91 Å². The molecule has 0 radical (unpaired) electrons. The summed E-state index contributed by atoms with van der Waals surface area (Å²) in [4.78, 5) is 42.8. The number of benzene rings is 2. The van der Waals surface area contributed by atoms with Gasteiger partial charge in [0, 0.05) is 47.9 Å². The maximum Gasteiger partial charge on any atom is 0.255 e. The lowest BCUT2D eigenvalue weighted by Crippen LogP contribution is -2.57. The van der Waals surface area contributed by atoms with Crippen LogP contribution in [0, 0.1) is 0 Å². The molecule has 2 aromatic carbocycles. The maximum atomic E-state index is 13.7. The van der Waals surface area contributed by atoms with Gasteiger partial charge in [-0.05, 0) is 73.9 Å². The minimum atomic E-state index is -0.347. The number of fused-ring (bicyclic) bond motifs is 6. The molecular weight excluding hydrogens is 566 g/mol. The molecule has 3 amide bonds. The fourth-order valence-electron chi connectivity index (χ4n) is 6.05. The Morgan fingerprint density at radius 1 is 1.05 bits per heavy atom. The lowest BCUT2D eigenvalue weighted by molar-refractivity contribution is -0.124. The number of rotatable bonds is 2. The van der Waals surface area contributed by atoms with Crippen molar-refractivity contribution in [3.05, 3.63) is 75.0 Å². The fourth-order valence-corrected chi connectivity index (χ4v) is 7.17. The van der Waals surface area contributed by atoms with E-state index in [0.717, 1.165) is 30.4 Å². The minimum Gasteiger partial charge on any atom is -0.497 e. The van der Waals surface area contributed by atoms with Crippen LogP contribution in [-0.2, 0) is 29.0 Å². The summed E-state index contributed by atoms with van der Waals surface area (Å²) in [5.74, 6) is 1.22. The normalized spacial score (nSPS) is 21.2. The summed E-state index contributed by atoms with van der Waals surface area (Å²) in [6.07, 6.45) is 5.37. The Labute approximate surface area is 255 Å². The number of amides is 3. The number of hydrogen-bond acceptors (Lipinski definition) is 7. The lowest BCUT2D eigenvalue weighted by atomic mass is 9.94. The van der Waals surface area contributed by atoms with Gasteiger partial charge in [0.15, 0.2) is 0 Å². The molecule has 4 bridgehead atoms. The van der Waals surface area contributed by atoms with E-state index in [2.05, 4.69) is 10.6 Å². The van der Waals surface area contributed by atoms with Gasteiger partial charge in [-0.15, -0.1) is 11.3 Å². The smallest absolute Gasteiger partial charge is 0.255 e. The molecule has 3 heterocycles. The van der Waals surface area contributed by atoms with Crippen LogP contribution in [0.25, 0.3) is 0 Å². The number of methoxy groups -OCH3 is 1. The van der Waals surface area contributed by atoms with E-state index in [4.69, 9.17) is 14.2 Å². The first kappa shape index (κ1) is 29.2. The largest absolute Gasteiger partial charge is 0.497 e. The third-order valence-electron chi connectivity index (χ3n) is 8.32. The summed E-state index contributed by atoms with van der Waals surface area (Å²) in [7, 11) is 1.54. The van der Waals surface area contributed by atoms with E-state index in [1.165, 1.54) is 16.9 Å². The minimum absolute atomic E-state index is 0.0407. The maximum absolute atomic E-state index is 13.7. The van der Waals surface area contributed by atoms with Gasteiger partial charge in [0.25, 0.3) is 11.8 Å². The second-order valence-electron chi connectivity index (χ2n) is 11.3. The van der Waals surface area contributed by atoms with Crippen molar-refractivity contribution in [1.29, 1.82) is 0 Å². The summed E-state index contributed by atoms with van der Waals surface area (Å²) in [6, 6.07) is 12.3. The predicted octanol–water partition coefficient (Wildman–Crippen LogP) is 4.87. The van der Waals surface area contributed by atoms with Crippen LogP contribution in [0.3, 0.4) is 0 Å². The molecule has 1 aliphatic carbocycles. The van der Waals surface area contributed by atoms with E-state index < -0.39 is 0 Å².